The maximum Gasteiger partial charge on any atom is 0.332 e. The van der Waals surface area contributed by atoms with Gasteiger partial charge in [-0.2, -0.15) is 0 Å². The van der Waals surface area contributed by atoms with Crippen molar-refractivity contribution in [3.63, 3.8) is 0 Å². The first-order valence-electron chi connectivity index (χ1n) is 8.36. The average Bonchev–Trinajstić information content (AvgIpc) is 3.09. The Hall–Kier alpha value is -1.07. The van der Waals surface area contributed by atoms with E-state index in [1.165, 1.54) is 12.8 Å². The minimum absolute atomic E-state index is 0.0341. The lowest BCUT2D eigenvalue weighted by Gasteiger charge is -2.38. The molecule has 0 spiro atoms. The summed E-state index contributed by atoms with van der Waals surface area (Å²) in [5.74, 6) is -0.478. The molecule has 0 bridgehead atoms. The SMILES string of the molecule is CC(C1OC(=O)C=C(N2CCCC2)[C@@H]1C)[C@H]1COC(C)(C)O1. The Balaban J connectivity index is 1.73. The molecule has 0 aromatic heterocycles. The minimum atomic E-state index is -0.547. The van der Waals surface area contributed by atoms with E-state index in [0.29, 0.717) is 6.61 Å². The number of likely N-dealkylation sites (tertiary alicyclic amines) is 1. The number of cyclic esters (lactones) is 1. The van der Waals surface area contributed by atoms with Crippen LogP contribution in [0.15, 0.2) is 11.8 Å². The third-order valence-electron chi connectivity index (χ3n) is 5.08. The molecule has 3 aliphatic heterocycles. The molecule has 2 fully saturated rings. The molecule has 0 N–H and O–H groups in total. The molecule has 3 aliphatic rings. The molecule has 3 heterocycles. The summed E-state index contributed by atoms with van der Waals surface area (Å²) in [5, 5.41) is 0. The molecule has 2 saturated heterocycles. The van der Waals surface area contributed by atoms with Gasteiger partial charge in [-0.15, -0.1) is 0 Å². The second-order valence-electron chi connectivity index (χ2n) is 7.18. The topological polar surface area (TPSA) is 48.0 Å². The Bertz CT molecular complexity index is 467. The zero-order valence-corrected chi connectivity index (χ0v) is 14.0. The Morgan fingerprint density at radius 1 is 1.32 bits per heavy atom. The molecule has 3 rings (SSSR count). The Kier molecular flexibility index (Phi) is 4.21. The molecule has 0 aromatic carbocycles. The molecule has 124 valence electrons. The maximum atomic E-state index is 12.0. The molecule has 22 heavy (non-hydrogen) atoms. The van der Waals surface area contributed by atoms with E-state index in [-0.39, 0.29) is 30.0 Å². The van der Waals surface area contributed by atoms with Crippen molar-refractivity contribution >= 4 is 5.97 Å². The third kappa shape index (κ3) is 3.01. The first kappa shape index (κ1) is 15.8. The third-order valence-corrected chi connectivity index (χ3v) is 5.08. The second-order valence-corrected chi connectivity index (χ2v) is 7.18. The van der Waals surface area contributed by atoms with E-state index >= 15 is 0 Å². The van der Waals surface area contributed by atoms with Crippen molar-refractivity contribution < 1.29 is 19.0 Å². The van der Waals surface area contributed by atoms with Gasteiger partial charge in [0.15, 0.2) is 5.79 Å². The van der Waals surface area contributed by atoms with Crippen LogP contribution >= 0.6 is 0 Å². The zero-order valence-electron chi connectivity index (χ0n) is 14.0. The van der Waals surface area contributed by atoms with Gasteiger partial charge in [-0.3, -0.25) is 0 Å². The molecule has 5 heteroatoms. The summed E-state index contributed by atoms with van der Waals surface area (Å²) in [7, 11) is 0. The van der Waals surface area contributed by atoms with Crippen LogP contribution in [0.2, 0.25) is 0 Å². The lowest BCUT2D eigenvalue weighted by atomic mass is 9.85. The van der Waals surface area contributed by atoms with Crippen molar-refractivity contribution in [1.82, 2.24) is 4.90 Å². The Morgan fingerprint density at radius 2 is 2.00 bits per heavy atom. The monoisotopic (exact) mass is 309 g/mol. The quantitative estimate of drug-likeness (QED) is 0.749. The van der Waals surface area contributed by atoms with Crippen LogP contribution < -0.4 is 0 Å². The molecule has 0 aliphatic carbocycles. The summed E-state index contributed by atoms with van der Waals surface area (Å²) in [6.07, 6.45) is 3.89. The van der Waals surface area contributed by atoms with Crippen molar-refractivity contribution in [3.05, 3.63) is 11.8 Å². The normalized spacial score (nSPS) is 36.2. The van der Waals surface area contributed by atoms with Crippen LogP contribution in [0, 0.1) is 11.8 Å². The van der Waals surface area contributed by atoms with Gasteiger partial charge >= 0.3 is 5.97 Å². The largest absolute Gasteiger partial charge is 0.458 e. The molecule has 5 nitrogen and oxygen atoms in total. The van der Waals surface area contributed by atoms with Gasteiger partial charge in [-0.05, 0) is 26.7 Å². The number of rotatable bonds is 3. The molecule has 0 amide bonds. The Labute approximate surface area is 132 Å². The van der Waals surface area contributed by atoms with Gasteiger partial charge < -0.3 is 19.1 Å². The maximum absolute atomic E-state index is 12.0. The summed E-state index contributed by atoms with van der Waals surface area (Å²) < 4.78 is 17.3. The summed E-state index contributed by atoms with van der Waals surface area (Å²) in [4.78, 5) is 14.4. The van der Waals surface area contributed by atoms with E-state index < -0.39 is 5.79 Å². The predicted octanol–water partition coefficient (Wildman–Crippen LogP) is 2.32. The summed E-state index contributed by atoms with van der Waals surface area (Å²) in [6.45, 7) is 10.7. The smallest absolute Gasteiger partial charge is 0.332 e. The first-order valence-corrected chi connectivity index (χ1v) is 8.36. The average molecular weight is 309 g/mol. The van der Waals surface area contributed by atoms with Crippen LogP contribution in [0.5, 0.6) is 0 Å². The highest BCUT2D eigenvalue weighted by molar-refractivity contribution is 5.84. The molecule has 0 saturated carbocycles. The van der Waals surface area contributed by atoms with Crippen LogP contribution in [0.4, 0.5) is 0 Å². The molecule has 0 aromatic rings. The van der Waals surface area contributed by atoms with Gasteiger partial charge in [-0.25, -0.2) is 4.79 Å². The van der Waals surface area contributed by atoms with Crippen LogP contribution in [-0.4, -0.2) is 48.6 Å². The van der Waals surface area contributed by atoms with Crippen molar-refractivity contribution in [2.45, 2.75) is 58.5 Å². The van der Waals surface area contributed by atoms with Gasteiger partial charge in [0.05, 0.1) is 12.7 Å². The number of carbonyl (C=O) groups excluding carboxylic acids is 1. The number of nitrogens with zero attached hydrogens (tertiary/aromatic N) is 1. The molecule has 0 radical (unpaired) electrons. The van der Waals surface area contributed by atoms with Gasteiger partial charge in [0.1, 0.15) is 6.10 Å². The van der Waals surface area contributed by atoms with Gasteiger partial charge in [0.2, 0.25) is 0 Å². The number of ether oxygens (including phenoxy) is 3. The fourth-order valence-electron chi connectivity index (χ4n) is 3.79. The highest BCUT2D eigenvalue weighted by Gasteiger charge is 2.44. The van der Waals surface area contributed by atoms with Crippen LogP contribution in [-0.2, 0) is 19.0 Å². The highest BCUT2D eigenvalue weighted by Crippen LogP contribution is 2.36. The summed E-state index contributed by atoms with van der Waals surface area (Å²) in [5.41, 5.74) is 1.13. The number of esters is 1. The number of hydrogen-bond acceptors (Lipinski definition) is 5. The van der Waals surface area contributed by atoms with Gasteiger partial charge in [0.25, 0.3) is 0 Å². The minimum Gasteiger partial charge on any atom is -0.458 e. The van der Waals surface area contributed by atoms with E-state index in [1.807, 2.05) is 13.8 Å². The van der Waals surface area contributed by atoms with Gasteiger partial charge in [-0.1, -0.05) is 13.8 Å². The predicted molar refractivity (Wildman–Crippen MR) is 82.0 cm³/mol. The second kappa shape index (κ2) is 5.85. The molecule has 4 atom stereocenters. The first-order chi connectivity index (χ1) is 10.4. The molecular formula is C17H27NO4. The fraction of sp³-hybridized carbons (Fsp3) is 0.824. The number of hydrogen-bond donors (Lipinski definition) is 0. The van der Waals surface area contributed by atoms with E-state index in [2.05, 4.69) is 18.7 Å². The van der Waals surface area contributed by atoms with Crippen LogP contribution in [0.3, 0.4) is 0 Å². The Morgan fingerprint density at radius 3 is 2.59 bits per heavy atom. The summed E-state index contributed by atoms with van der Waals surface area (Å²) in [6, 6.07) is 0. The van der Waals surface area contributed by atoms with Crippen LogP contribution in [0.1, 0.15) is 40.5 Å². The van der Waals surface area contributed by atoms with E-state index in [9.17, 15) is 4.79 Å². The van der Waals surface area contributed by atoms with Crippen LogP contribution in [0.25, 0.3) is 0 Å². The zero-order chi connectivity index (χ0) is 15.9. The lowest BCUT2D eigenvalue weighted by Crippen LogP contribution is -2.44. The van der Waals surface area contributed by atoms with Crippen molar-refractivity contribution in [2.75, 3.05) is 19.7 Å². The highest BCUT2D eigenvalue weighted by atomic mass is 16.7. The molecule has 2 unspecified atom stereocenters. The van der Waals surface area contributed by atoms with E-state index in [4.69, 9.17) is 14.2 Å². The standard InChI is InChI=1S/C17H27NO4/c1-11-13(18-7-5-6-8-18)9-15(19)21-16(11)12(2)14-10-20-17(3,4)22-14/h9,11-12,14,16H,5-8,10H2,1-4H3/t11-,12?,14+,16?/m0/s1. The summed E-state index contributed by atoms with van der Waals surface area (Å²) >= 11 is 0. The molecular weight excluding hydrogens is 282 g/mol. The van der Waals surface area contributed by atoms with Crippen molar-refractivity contribution in [2.24, 2.45) is 11.8 Å². The lowest BCUT2D eigenvalue weighted by molar-refractivity contribution is -0.164. The van der Waals surface area contributed by atoms with E-state index in [1.54, 1.807) is 6.08 Å². The number of carbonyl (C=O) groups is 1. The van der Waals surface area contributed by atoms with Crippen molar-refractivity contribution in [1.29, 1.82) is 0 Å². The van der Waals surface area contributed by atoms with Crippen molar-refractivity contribution in [3.8, 4) is 0 Å². The van der Waals surface area contributed by atoms with Gasteiger partial charge in [0, 0.05) is 36.7 Å². The van der Waals surface area contributed by atoms with E-state index in [0.717, 1.165) is 18.8 Å². The fourth-order valence-corrected chi connectivity index (χ4v) is 3.79.